The predicted molar refractivity (Wildman–Crippen MR) is 182 cm³/mol. The first-order chi connectivity index (χ1) is 21.3. The Morgan fingerprint density at radius 1 is 0.477 bits per heavy atom. The molecule has 0 amide bonds. The van der Waals surface area contributed by atoms with Crippen molar-refractivity contribution in [3.63, 3.8) is 0 Å². The summed E-state index contributed by atoms with van der Waals surface area (Å²) >= 11 is 1.82. The minimum Gasteiger partial charge on any atom is -0.305 e. The second kappa shape index (κ2) is 12.1. The summed E-state index contributed by atoms with van der Waals surface area (Å²) in [6.07, 6.45) is 3.71. The maximum atomic E-state index is 4.79. The fourth-order valence-corrected chi connectivity index (χ4v) is 6.92. The van der Waals surface area contributed by atoms with Crippen LogP contribution in [0.2, 0.25) is 0 Å². The Balaban J connectivity index is 0.000000203. The van der Waals surface area contributed by atoms with Crippen molar-refractivity contribution >= 4 is 63.8 Å². The van der Waals surface area contributed by atoms with E-state index in [9.17, 15) is 0 Å². The molecule has 0 saturated heterocycles. The molecule has 4 heteroatoms. The summed E-state index contributed by atoms with van der Waals surface area (Å²) < 4.78 is 2.58. The first kappa shape index (κ1) is 28.1. The summed E-state index contributed by atoms with van der Waals surface area (Å²) in [5.74, 6) is 0. The van der Waals surface area contributed by atoms with E-state index in [1.54, 1.807) is 6.20 Å². The molecule has 0 aliphatic rings. The van der Waals surface area contributed by atoms with Crippen molar-refractivity contribution in [1.82, 2.24) is 9.97 Å². The number of fused-ring (bicyclic) bond motifs is 8. The van der Waals surface area contributed by atoms with E-state index in [0.717, 1.165) is 22.5 Å². The fraction of sp³-hybridized carbons (Fsp3) is 0. The summed E-state index contributed by atoms with van der Waals surface area (Å²) in [4.78, 5) is 9.01. The van der Waals surface area contributed by atoms with Gasteiger partial charge in [-0.3, -0.25) is 0 Å². The molecule has 0 spiro atoms. The molecule has 9 rings (SSSR count). The van der Waals surface area contributed by atoms with Crippen molar-refractivity contribution in [2.24, 2.45) is 0 Å². The van der Waals surface area contributed by atoms with E-state index in [1.165, 1.54) is 52.5 Å². The van der Waals surface area contributed by atoms with Gasteiger partial charge < -0.3 is 9.97 Å². The molecule has 0 atom stereocenters. The molecule has 1 radical (unpaired) electrons. The molecule has 0 N–H and O–H groups in total. The quantitative estimate of drug-likeness (QED) is 0.130. The van der Waals surface area contributed by atoms with E-state index in [2.05, 4.69) is 108 Å². The van der Waals surface area contributed by atoms with Gasteiger partial charge in [0.2, 0.25) is 0 Å². The molecule has 2 nitrogen and oxygen atoms in total. The number of pyridine rings is 2. The summed E-state index contributed by atoms with van der Waals surface area (Å²) in [6.45, 7) is 0. The zero-order valence-electron chi connectivity index (χ0n) is 23.5. The van der Waals surface area contributed by atoms with Crippen LogP contribution in [0.4, 0.5) is 0 Å². The molecule has 0 bridgehead atoms. The van der Waals surface area contributed by atoms with E-state index in [0.29, 0.717) is 0 Å². The van der Waals surface area contributed by atoms with Crippen molar-refractivity contribution in [3.8, 4) is 22.5 Å². The van der Waals surface area contributed by atoms with Gasteiger partial charge in [-0.15, -0.1) is 59.7 Å². The third-order valence-corrected chi connectivity index (χ3v) is 9.02. The Hall–Kier alpha value is -4.73. The zero-order valence-corrected chi connectivity index (χ0v) is 26.7. The van der Waals surface area contributed by atoms with Crippen molar-refractivity contribution in [1.29, 1.82) is 0 Å². The molecular formula is C40H24IrN2S-2. The molecule has 0 aliphatic heterocycles. The second-order valence-electron chi connectivity index (χ2n) is 10.4. The Kier molecular flexibility index (Phi) is 7.72. The number of hydrogen-bond acceptors (Lipinski definition) is 3. The van der Waals surface area contributed by atoms with Crippen molar-refractivity contribution in [3.05, 3.63) is 158 Å². The van der Waals surface area contributed by atoms with E-state index in [1.807, 2.05) is 60.0 Å². The van der Waals surface area contributed by atoms with E-state index >= 15 is 0 Å². The smallest absolute Gasteiger partial charge is 0.0239 e. The SMILES string of the molecule is [Ir].[c-]1cc2sc3ccccc3c2cc1-c1nccc2c1ccc1c3ccccc3ccc21.[c-]1ccccc1-c1ccccn1. The predicted octanol–water partition coefficient (Wildman–Crippen LogP) is 10.9. The minimum atomic E-state index is 0. The molecule has 211 valence electrons. The molecule has 0 fully saturated rings. The molecule has 0 aliphatic carbocycles. The van der Waals surface area contributed by atoms with E-state index in [4.69, 9.17) is 4.98 Å². The average molecular weight is 757 g/mol. The Morgan fingerprint density at radius 2 is 1.23 bits per heavy atom. The van der Waals surface area contributed by atoms with Crippen LogP contribution in [0.5, 0.6) is 0 Å². The van der Waals surface area contributed by atoms with Gasteiger partial charge in [-0.05, 0) is 72.0 Å². The topological polar surface area (TPSA) is 25.8 Å². The van der Waals surface area contributed by atoms with Gasteiger partial charge in [-0.25, -0.2) is 0 Å². The van der Waals surface area contributed by atoms with Crippen LogP contribution in [-0.2, 0) is 20.1 Å². The Morgan fingerprint density at radius 3 is 2.09 bits per heavy atom. The number of aromatic nitrogens is 2. The maximum absolute atomic E-state index is 4.79. The van der Waals surface area contributed by atoms with Crippen LogP contribution < -0.4 is 0 Å². The van der Waals surface area contributed by atoms with Crippen molar-refractivity contribution in [2.75, 3.05) is 0 Å². The number of hydrogen-bond donors (Lipinski definition) is 0. The van der Waals surface area contributed by atoms with Gasteiger partial charge >= 0.3 is 0 Å². The third-order valence-electron chi connectivity index (χ3n) is 7.88. The number of nitrogens with zero attached hydrogens (tertiary/aromatic N) is 2. The summed E-state index contributed by atoms with van der Waals surface area (Å²) in [6, 6.07) is 52.9. The molecule has 0 saturated carbocycles. The fourth-order valence-electron chi connectivity index (χ4n) is 5.85. The average Bonchev–Trinajstić information content (AvgIpc) is 3.47. The summed E-state index contributed by atoms with van der Waals surface area (Å²) in [7, 11) is 0. The van der Waals surface area contributed by atoms with Crippen LogP contribution >= 0.6 is 11.3 Å². The molecule has 6 aromatic carbocycles. The summed E-state index contributed by atoms with van der Waals surface area (Å²) in [5.41, 5.74) is 4.04. The minimum absolute atomic E-state index is 0. The monoisotopic (exact) mass is 757 g/mol. The van der Waals surface area contributed by atoms with Gasteiger partial charge in [-0.2, -0.15) is 11.3 Å². The van der Waals surface area contributed by atoms with Crippen LogP contribution in [0, 0.1) is 12.1 Å². The second-order valence-corrected chi connectivity index (χ2v) is 11.5. The normalized spacial score (nSPS) is 11.0. The van der Waals surface area contributed by atoms with E-state index in [-0.39, 0.29) is 20.1 Å². The van der Waals surface area contributed by atoms with Gasteiger partial charge in [0, 0.05) is 37.2 Å². The molecular weight excluding hydrogens is 733 g/mol. The van der Waals surface area contributed by atoms with Gasteiger partial charge in [0.25, 0.3) is 0 Å². The molecule has 9 aromatic rings. The Labute approximate surface area is 273 Å². The van der Waals surface area contributed by atoms with Gasteiger partial charge in [-0.1, -0.05) is 84.2 Å². The molecule has 3 heterocycles. The van der Waals surface area contributed by atoms with E-state index < -0.39 is 0 Å². The summed E-state index contributed by atoms with van der Waals surface area (Å²) in [5, 5.41) is 10.1. The number of rotatable bonds is 2. The molecule has 3 aromatic heterocycles. The van der Waals surface area contributed by atoms with Gasteiger partial charge in [0.1, 0.15) is 0 Å². The van der Waals surface area contributed by atoms with Crippen LogP contribution in [0.1, 0.15) is 0 Å². The van der Waals surface area contributed by atoms with Crippen molar-refractivity contribution in [2.45, 2.75) is 0 Å². The maximum Gasteiger partial charge on any atom is 0.0239 e. The van der Waals surface area contributed by atoms with Crippen LogP contribution in [0.3, 0.4) is 0 Å². The Bertz CT molecular complexity index is 2360. The van der Waals surface area contributed by atoms with Crippen LogP contribution in [0.25, 0.3) is 75.0 Å². The van der Waals surface area contributed by atoms with Crippen molar-refractivity contribution < 1.29 is 20.1 Å². The molecule has 44 heavy (non-hydrogen) atoms. The van der Waals surface area contributed by atoms with Gasteiger partial charge in [0.15, 0.2) is 0 Å². The zero-order chi connectivity index (χ0) is 28.6. The van der Waals surface area contributed by atoms with Crippen LogP contribution in [0.15, 0.2) is 146 Å². The largest absolute Gasteiger partial charge is 0.305 e. The number of benzene rings is 6. The number of thiophene rings is 1. The first-order valence-corrected chi connectivity index (χ1v) is 15.1. The van der Waals surface area contributed by atoms with Crippen LogP contribution in [-0.4, -0.2) is 9.97 Å². The standard InChI is InChI=1S/C29H16NS.C11H8N.Ir/c1-2-6-20-18(5-1)9-11-22-21(20)12-13-25-23(22)15-16-30-29(25)19-10-14-28-26(17-19)24-7-3-4-8-27(24)31-28;1-2-6-10(7-3-1)11-8-4-5-9-12-11;/h1-9,11-17H;1-6,8-9H;/q2*-1;. The first-order valence-electron chi connectivity index (χ1n) is 14.2. The molecule has 0 unspecified atom stereocenters. The third kappa shape index (κ3) is 5.08. The van der Waals surface area contributed by atoms with Gasteiger partial charge in [0.05, 0.1) is 0 Å².